The van der Waals surface area contributed by atoms with E-state index in [1.165, 1.54) is 23.5 Å². The average molecular weight is 331 g/mol. The molecule has 0 saturated heterocycles. The lowest BCUT2D eigenvalue weighted by atomic mass is 10.1. The zero-order chi connectivity index (χ0) is 15.9. The van der Waals surface area contributed by atoms with Gasteiger partial charge < -0.3 is 16.4 Å². The van der Waals surface area contributed by atoms with E-state index >= 15 is 0 Å². The predicted molar refractivity (Wildman–Crippen MR) is 94.5 cm³/mol. The van der Waals surface area contributed by atoms with Gasteiger partial charge in [0.15, 0.2) is 5.13 Å². The van der Waals surface area contributed by atoms with Crippen LogP contribution in [0, 0.1) is 0 Å². The lowest BCUT2D eigenvalue weighted by Gasteiger charge is -2.19. The molecule has 0 radical (unpaired) electrons. The van der Waals surface area contributed by atoms with Crippen molar-refractivity contribution >= 4 is 40.0 Å². The molecule has 0 aliphatic carbocycles. The molecule has 1 aromatic rings. The van der Waals surface area contributed by atoms with Gasteiger partial charge in [-0.1, -0.05) is 17.8 Å². The Balaban J connectivity index is 2.43. The van der Waals surface area contributed by atoms with Crippen LogP contribution < -0.4 is 16.4 Å². The number of carbonyl (C=O) groups is 1. The summed E-state index contributed by atoms with van der Waals surface area (Å²) in [5, 5.41) is 6.83. The van der Waals surface area contributed by atoms with Crippen molar-refractivity contribution < 1.29 is 4.79 Å². The van der Waals surface area contributed by atoms with Crippen LogP contribution in [0.3, 0.4) is 0 Å². The van der Waals surface area contributed by atoms with Crippen LogP contribution in [0.1, 0.15) is 49.7 Å². The second kappa shape index (κ2) is 8.48. The highest BCUT2D eigenvalue weighted by atomic mass is 32.2. The standard InChI is InChI=1S/C14H26N4OS2/c1-14(2,3)18-13-17-11(15)10(21-13)12(19)16-8-6-5-7-9-20-4/h5-9,15H2,1-4H3,(H,16,19)(H,17,18). The first-order valence-electron chi connectivity index (χ1n) is 7.15. The van der Waals surface area contributed by atoms with Crippen LogP contribution in [-0.2, 0) is 0 Å². The predicted octanol–water partition coefficient (Wildman–Crippen LogP) is 3.20. The summed E-state index contributed by atoms with van der Waals surface area (Å²) >= 11 is 3.16. The summed E-state index contributed by atoms with van der Waals surface area (Å²) in [4.78, 5) is 16.8. The van der Waals surface area contributed by atoms with Gasteiger partial charge >= 0.3 is 0 Å². The van der Waals surface area contributed by atoms with Crippen molar-refractivity contribution in [1.82, 2.24) is 10.3 Å². The monoisotopic (exact) mass is 330 g/mol. The van der Waals surface area contributed by atoms with Gasteiger partial charge in [-0.3, -0.25) is 4.79 Å². The van der Waals surface area contributed by atoms with Crippen molar-refractivity contribution in [2.75, 3.05) is 29.6 Å². The molecule has 120 valence electrons. The van der Waals surface area contributed by atoms with E-state index in [9.17, 15) is 4.79 Å². The number of nitrogens with one attached hydrogen (secondary N) is 2. The number of nitrogen functional groups attached to an aromatic ring is 1. The van der Waals surface area contributed by atoms with Crippen molar-refractivity contribution in [3.8, 4) is 0 Å². The zero-order valence-corrected chi connectivity index (χ0v) is 14.9. The normalized spacial score (nSPS) is 11.4. The number of thioether (sulfide) groups is 1. The summed E-state index contributed by atoms with van der Waals surface area (Å²) < 4.78 is 0. The third kappa shape index (κ3) is 7.04. The van der Waals surface area contributed by atoms with Gasteiger partial charge in [0.25, 0.3) is 5.91 Å². The van der Waals surface area contributed by atoms with Crippen molar-refractivity contribution in [3.63, 3.8) is 0 Å². The van der Waals surface area contributed by atoms with E-state index in [0.717, 1.165) is 12.8 Å². The molecule has 0 fully saturated rings. The number of hydrogen-bond acceptors (Lipinski definition) is 6. The fraction of sp³-hybridized carbons (Fsp3) is 0.714. The summed E-state index contributed by atoms with van der Waals surface area (Å²) in [5.41, 5.74) is 5.72. The highest BCUT2D eigenvalue weighted by Crippen LogP contribution is 2.27. The molecule has 0 atom stereocenters. The van der Waals surface area contributed by atoms with Crippen molar-refractivity contribution in [2.24, 2.45) is 0 Å². The first kappa shape index (κ1) is 18.1. The van der Waals surface area contributed by atoms with Gasteiger partial charge in [0.1, 0.15) is 10.7 Å². The summed E-state index contributed by atoms with van der Waals surface area (Å²) in [6.45, 7) is 6.81. The lowest BCUT2D eigenvalue weighted by Crippen LogP contribution is -2.25. The Bertz CT molecular complexity index is 454. The highest BCUT2D eigenvalue weighted by Gasteiger charge is 2.18. The first-order chi connectivity index (χ1) is 9.83. The van der Waals surface area contributed by atoms with Crippen LogP contribution in [0.25, 0.3) is 0 Å². The van der Waals surface area contributed by atoms with Gasteiger partial charge in [0, 0.05) is 12.1 Å². The Labute approximate surface area is 135 Å². The van der Waals surface area contributed by atoms with E-state index in [4.69, 9.17) is 5.73 Å². The fourth-order valence-corrected chi connectivity index (χ4v) is 3.20. The number of amides is 1. The number of anilines is 2. The molecule has 0 aromatic carbocycles. The van der Waals surface area contributed by atoms with Gasteiger partial charge in [-0.25, -0.2) is 4.98 Å². The minimum atomic E-state index is -0.128. The number of thiazole rings is 1. The van der Waals surface area contributed by atoms with Crippen molar-refractivity contribution in [1.29, 1.82) is 0 Å². The maximum atomic E-state index is 12.1. The van der Waals surface area contributed by atoms with Gasteiger partial charge in [-0.15, -0.1) is 0 Å². The molecule has 0 unspecified atom stereocenters. The van der Waals surface area contributed by atoms with Crippen LogP contribution >= 0.6 is 23.1 Å². The van der Waals surface area contributed by atoms with Crippen molar-refractivity contribution in [2.45, 2.75) is 45.6 Å². The smallest absolute Gasteiger partial charge is 0.265 e. The molecular formula is C14H26N4OS2. The van der Waals surface area contributed by atoms with E-state index in [1.54, 1.807) is 0 Å². The Morgan fingerprint density at radius 3 is 2.67 bits per heavy atom. The Hall–Kier alpha value is -0.950. The van der Waals surface area contributed by atoms with E-state index < -0.39 is 0 Å². The topological polar surface area (TPSA) is 80.0 Å². The van der Waals surface area contributed by atoms with Crippen LogP contribution in [0.2, 0.25) is 0 Å². The molecule has 0 spiro atoms. The molecule has 1 heterocycles. The Kier molecular flexibility index (Phi) is 7.31. The molecule has 0 aliphatic rings. The Morgan fingerprint density at radius 2 is 2.05 bits per heavy atom. The van der Waals surface area contributed by atoms with Crippen LogP contribution in [-0.4, -0.2) is 35.0 Å². The van der Waals surface area contributed by atoms with Gasteiger partial charge in [-0.2, -0.15) is 11.8 Å². The summed E-state index contributed by atoms with van der Waals surface area (Å²) in [5.74, 6) is 1.35. The molecule has 21 heavy (non-hydrogen) atoms. The third-order valence-corrected chi connectivity index (χ3v) is 4.33. The van der Waals surface area contributed by atoms with Crippen LogP contribution in [0.5, 0.6) is 0 Å². The molecule has 0 aliphatic heterocycles. The van der Waals surface area contributed by atoms with E-state index in [2.05, 4.69) is 21.9 Å². The van der Waals surface area contributed by atoms with Gasteiger partial charge in [-0.05, 0) is 45.6 Å². The summed E-state index contributed by atoms with van der Waals surface area (Å²) in [6, 6.07) is 0. The number of aromatic nitrogens is 1. The maximum absolute atomic E-state index is 12.1. The highest BCUT2D eigenvalue weighted by molar-refractivity contribution is 7.98. The number of hydrogen-bond donors (Lipinski definition) is 3. The molecule has 0 saturated carbocycles. The largest absolute Gasteiger partial charge is 0.382 e. The lowest BCUT2D eigenvalue weighted by molar-refractivity contribution is 0.0957. The summed E-state index contributed by atoms with van der Waals surface area (Å²) in [7, 11) is 0. The van der Waals surface area contributed by atoms with Crippen LogP contribution in [0.4, 0.5) is 10.9 Å². The minimum absolute atomic E-state index is 0.102. The number of unbranched alkanes of at least 4 members (excludes halogenated alkanes) is 2. The molecule has 7 heteroatoms. The zero-order valence-electron chi connectivity index (χ0n) is 13.3. The number of nitrogens with zero attached hydrogens (tertiary/aromatic N) is 1. The second-order valence-corrected chi connectivity index (χ2v) is 7.90. The SMILES string of the molecule is CSCCCCCNC(=O)c1sc(NC(C)(C)C)nc1N. The molecule has 4 N–H and O–H groups in total. The molecule has 5 nitrogen and oxygen atoms in total. The van der Waals surface area contributed by atoms with E-state index in [1.807, 2.05) is 32.5 Å². The maximum Gasteiger partial charge on any atom is 0.265 e. The first-order valence-corrected chi connectivity index (χ1v) is 9.36. The van der Waals surface area contributed by atoms with Crippen LogP contribution in [0.15, 0.2) is 0 Å². The van der Waals surface area contributed by atoms with E-state index in [-0.39, 0.29) is 11.4 Å². The molecule has 1 rings (SSSR count). The minimum Gasteiger partial charge on any atom is -0.382 e. The quantitative estimate of drug-likeness (QED) is 0.638. The van der Waals surface area contributed by atoms with Gasteiger partial charge in [0.2, 0.25) is 0 Å². The average Bonchev–Trinajstić information content (AvgIpc) is 2.72. The molecule has 1 amide bonds. The molecular weight excluding hydrogens is 304 g/mol. The van der Waals surface area contributed by atoms with Crippen molar-refractivity contribution in [3.05, 3.63) is 4.88 Å². The third-order valence-electron chi connectivity index (χ3n) is 2.65. The number of nitrogens with two attached hydrogens (primary N) is 1. The van der Waals surface area contributed by atoms with E-state index in [0.29, 0.717) is 22.4 Å². The Morgan fingerprint density at radius 1 is 1.33 bits per heavy atom. The molecule has 1 aromatic heterocycles. The second-order valence-electron chi connectivity index (χ2n) is 5.92. The molecule has 0 bridgehead atoms. The fourth-order valence-electron chi connectivity index (χ4n) is 1.70. The summed E-state index contributed by atoms with van der Waals surface area (Å²) in [6.07, 6.45) is 5.44. The number of rotatable bonds is 8. The van der Waals surface area contributed by atoms with Gasteiger partial charge in [0.05, 0.1) is 0 Å². The number of carbonyl (C=O) groups excluding carboxylic acids is 1.